The molecule has 53 heavy (non-hydrogen) atoms. The maximum Gasteiger partial charge on any atom is 0.340 e. The summed E-state index contributed by atoms with van der Waals surface area (Å²) in [6, 6.07) is 3.14. The van der Waals surface area contributed by atoms with Crippen molar-refractivity contribution in [1.82, 2.24) is 16.0 Å². The number of urea groups is 1. The number of halogens is 8. The monoisotopic (exact) mass is 1270 g/mol. The fraction of sp³-hybridized carbons (Fsp3) is 0.353. The molecule has 2 fully saturated rings. The number of rotatable bonds is 10. The molecule has 1 unspecified atom stereocenters. The zero-order chi connectivity index (χ0) is 38.7. The van der Waals surface area contributed by atoms with E-state index in [0.29, 0.717) is 33.6 Å². The van der Waals surface area contributed by atoms with Crippen LogP contribution in [-0.4, -0.2) is 58.2 Å². The summed E-state index contributed by atoms with van der Waals surface area (Å²) in [5, 5.41) is 19.8. The van der Waals surface area contributed by atoms with Gasteiger partial charge in [0.25, 0.3) is 0 Å². The van der Waals surface area contributed by atoms with Gasteiger partial charge in [0.2, 0.25) is 11.3 Å². The lowest BCUT2D eigenvalue weighted by Gasteiger charge is -2.35. The van der Waals surface area contributed by atoms with Gasteiger partial charge in [-0.05, 0) is 129 Å². The molecular formula is C34H27Cl4I4N3O7S. The number of aromatic hydroxyl groups is 1. The quantitative estimate of drug-likeness (QED) is 0.0234. The van der Waals surface area contributed by atoms with Gasteiger partial charge in [0.05, 0.1) is 54.0 Å². The predicted octanol–water partition coefficient (Wildman–Crippen LogP) is 10.1. The first-order chi connectivity index (χ1) is 24.9. The second-order valence-corrected chi connectivity index (χ2v) is 20.1. The van der Waals surface area contributed by atoms with Crippen molar-refractivity contribution in [3.05, 3.63) is 62.3 Å². The maximum absolute atomic E-state index is 13.9. The van der Waals surface area contributed by atoms with Crippen molar-refractivity contribution >= 4 is 177 Å². The Bertz CT molecular complexity index is 2260. The van der Waals surface area contributed by atoms with Crippen molar-refractivity contribution in [3.63, 3.8) is 0 Å². The number of hydrogen-bond acceptors (Lipinski definition) is 8. The Balaban J connectivity index is 1.22. The van der Waals surface area contributed by atoms with Crippen LogP contribution in [0.2, 0.25) is 20.1 Å². The highest BCUT2D eigenvalue weighted by Crippen LogP contribution is 2.53. The van der Waals surface area contributed by atoms with E-state index in [0.717, 1.165) is 18.6 Å². The van der Waals surface area contributed by atoms with Crippen molar-refractivity contribution in [3.8, 4) is 28.2 Å². The molecule has 6 rings (SSSR count). The maximum atomic E-state index is 13.9. The van der Waals surface area contributed by atoms with E-state index >= 15 is 0 Å². The highest BCUT2D eigenvalue weighted by Gasteiger charge is 2.60. The molecular weight excluding hydrogens is 1240 g/mol. The molecule has 2 saturated heterocycles. The van der Waals surface area contributed by atoms with Crippen LogP contribution in [0.15, 0.2) is 21.3 Å². The van der Waals surface area contributed by atoms with E-state index in [9.17, 15) is 24.3 Å². The number of hydrogen-bond donors (Lipinski definition) is 4. The van der Waals surface area contributed by atoms with Gasteiger partial charge in [-0.15, -0.1) is 0 Å². The molecule has 3 aliphatic heterocycles. The number of carbonyl (C=O) groups excluding carboxylic acids is 3. The van der Waals surface area contributed by atoms with Gasteiger partial charge < -0.3 is 30.2 Å². The number of carbonyl (C=O) groups is 3. The van der Waals surface area contributed by atoms with E-state index in [4.69, 9.17) is 55.6 Å². The summed E-state index contributed by atoms with van der Waals surface area (Å²) in [6.45, 7) is 3.98. The number of nitrogens with one attached hydrogen (secondary N) is 3. The van der Waals surface area contributed by atoms with Crippen LogP contribution in [0, 0.1) is 14.3 Å². The Morgan fingerprint density at radius 2 is 1.68 bits per heavy atom. The summed E-state index contributed by atoms with van der Waals surface area (Å²) in [5.41, 5.74) is 0.0298. The van der Waals surface area contributed by atoms with Crippen LogP contribution >= 0.6 is 149 Å². The van der Waals surface area contributed by atoms with Crippen molar-refractivity contribution < 1.29 is 28.6 Å². The largest absolute Gasteiger partial charge is 0.506 e. The highest BCUT2D eigenvalue weighted by molar-refractivity contribution is 14.1. The number of unbranched alkanes of at least 4 members (excludes halogenated alkanes) is 1. The number of benzene rings is 3. The second-order valence-electron chi connectivity index (χ2n) is 12.9. The summed E-state index contributed by atoms with van der Waals surface area (Å²) in [6.07, 6.45) is 2.61. The average Bonchev–Trinajstić information content (AvgIpc) is 3.48. The van der Waals surface area contributed by atoms with Gasteiger partial charge in [-0.2, -0.15) is 11.8 Å². The molecule has 3 amide bonds. The number of ether oxygens (including phenoxy) is 1. The molecule has 0 radical (unpaired) electrons. The van der Waals surface area contributed by atoms with Gasteiger partial charge in [0, 0.05) is 39.5 Å². The van der Waals surface area contributed by atoms with Crippen LogP contribution in [0.5, 0.6) is 5.75 Å². The third kappa shape index (κ3) is 7.67. The lowest BCUT2D eigenvalue weighted by Crippen LogP contribution is -2.58. The lowest BCUT2D eigenvalue weighted by atomic mass is 9.79. The van der Waals surface area contributed by atoms with Crippen LogP contribution in [0.1, 0.15) is 49.9 Å². The zero-order valence-corrected chi connectivity index (χ0v) is 40.0. The first-order valence-electron chi connectivity index (χ1n) is 15.9. The predicted molar refractivity (Wildman–Crippen MR) is 244 cm³/mol. The van der Waals surface area contributed by atoms with Gasteiger partial charge >= 0.3 is 12.0 Å². The van der Waals surface area contributed by atoms with Crippen molar-refractivity contribution in [2.75, 3.05) is 18.9 Å². The summed E-state index contributed by atoms with van der Waals surface area (Å²) in [7, 11) is 0. The minimum atomic E-state index is -0.877. The Hall–Kier alpha value is -0.430. The Morgan fingerprint density at radius 3 is 2.40 bits per heavy atom. The molecule has 19 heteroatoms. The van der Waals surface area contributed by atoms with Crippen LogP contribution < -0.4 is 21.4 Å². The zero-order valence-electron chi connectivity index (χ0n) is 27.5. The number of phenolic OH excluding ortho intramolecular Hbond substituents is 1. The molecule has 10 nitrogen and oxygen atoms in total. The molecule has 0 saturated carbocycles. The van der Waals surface area contributed by atoms with E-state index in [-0.39, 0.29) is 105 Å². The summed E-state index contributed by atoms with van der Waals surface area (Å²) >= 11 is 36.3. The highest BCUT2D eigenvalue weighted by atomic mass is 127. The standard InChI is InChI=1S/C34H27Cl4I4N3O7S/c1-33-11-53-16(34(33,2)45-32(50)44-33)5-3-4-6-17(46)43-7-8-51-31(49)20-19(21(35)23(37)24(38)22(20)36)18-12-9-14(39)27(47)25(41)29(12)52-30-13(18)10-15(40)28(48)26(30)42/h9-10,16,47H,3-8,11H2,1-2H3,(H,43,46)(H2,44,45,50)/t16?,33-,34+/m0/s1. The topological polar surface area (TPSA) is 147 Å². The molecule has 282 valence electrons. The van der Waals surface area contributed by atoms with Gasteiger partial charge in [-0.25, -0.2) is 9.59 Å². The van der Waals surface area contributed by atoms with Gasteiger partial charge in [0.15, 0.2) is 11.3 Å². The number of fused-ring (bicyclic) bond motifs is 3. The van der Waals surface area contributed by atoms with E-state index in [1.54, 1.807) is 12.1 Å². The van der Waals surface area contributed by atoms with Crippen LogP contribution in [0.3, 0.4) is 0 Å². The van der Waals surface area contributed by atoms with Gasteiger partial charge in [0.1, 0.15) is 15.9 Å². The van der Waals surface area contributed by atoms with E-state index in [2.05, 4.69) is 29.8 Å². The SMILES string of the molecule is C[C@]12CSC(CCCCC(=O)NCCOC(=O)c3c(Cl)c(Cl)c(Cl)c(Cl)c3-c3c4cc(I)c(=O)c(I)c-4oc4c(I)c(O)c(I)cc34)[C@@]1(C)NC(=O)N2. The van der Waals surface area contributed by atoms with Gasteiger partial charge in [-0.3, -0.25) is 9.59 Å². The molecule has 0 spiro atoms. The minimum Gasteiger partial charge on any atom is -0.506 e. The molecule has 4 N–H and O–H groups in total. The smallest absolute Gasteiger partial charge is 0.340 e. The average molecular weight is 1270 g/mol. The van der Waals surface area contributed by atoms with Gasteiger partial charge in [-0.1, -0.05) is 52.8 Å². The second kappa shape index (κ2) is 16.4. The van der Waals surface area contributed by atoms with Crippen molar-refractivity contribution in [2.24, 2.45) is 0 Å². The third-order valence-corrected chi connectivity index (χ3v) is 16.9. The molecule has 3 atom stereocenters. The number of phenols is 1. The van der Waals surface area contributed by atoms with Crippen LogP contribution in [0.25, 0.3) is 33.4 Å². The number of esters is 1. The van der Waals surface area contributed by atoms with E-state index in [1.807, 2.05) is 102 Å². The first-order valence-corrected chi connectivity index (χ1v) is 22.8. The molecule has 3 heterocycles. The fourth-order valence-electron chi connectivity index (χ4n) is 6.64. The fourth-order valence-corrected chi connectivity index (χ4v) is 13.1. The van der Waals surface area contributed by atoms with E-state index in [1.165, 1.54) is 0 Å². The Morgan fingerprint density at radius 1 is 0.981 bits per heavy atom. The molecule has 2 aromatic rings. The molecule has 0 bridgehead atoms. The molecule has 1 aliphatic carbocycles. The van der Waals surface area contributed by atoms with Crippen molar-refractivity contribution in [1.29, 1.82) is 0 Å². The summed E-state index contributed by atoms with van der Waals surface area (Å²) in [4.78, 5) is 51.6. The van der Waals surface area contributed by atoms with Crippen LogP contribution in [-0.2, 0) is 9.53 Å². The number of amides is 3. The van der Waals surface area contributed by atoms with E-state index < -0.39 is 5.97 Å². The first kappa shape index (κ1) is 42.2. The normalized spacial score (nSPS) is 20.8. The third-order valence-electron chi connectivity index (χ3n) is 9.65. The Kier molecular flexibility index (Phi) is 13.1. The Labute approximate surface area is 382 Å². The summed E-state index contributed by atoms with van der Waals surface area (Å²) in [5.74, 6) is -0.0657. The number of thioether (sulfide) groups is 1. The van der Waals surface area contributed by atoms with Crippen LogP contribution in [0.4, 0.5) is 4.79 Å². The molecule has 0 aromatic heterocycles. The molecule has 4 aliphatic rings. The summed E-state index contributed by atoms with van der Waals surface area (Å²) < 4.78 is 13.4. The van der Waals surface area contributed by atoms with Crippen molar-refractivity contribution in [2.45, 2.75) is 55.9 Å². The lowest BCUT2D eigenvalue weighted by molar-refractivity contribution is -0.121. The minimum absolute atomic E-state index is 0.0260. The molecule has 2 aromatic carbocycles.